The van der Waals surface area contributed by atoms with E-state index < -0.39 is 42.3 Å². The summed E-state index contributed by atoms with van der Waals surface area (Å²) in [7, 11) is 0. The van der Waals surface area contributed by atoms with Gasteiger partial charge in [0.25, 0.3) is 5.78 Å². The molecule has 0 aromatic rings. The molecule has 1 fully saturated rings. The third kappa shape index (κ3) is 3.47. The van der Waals surface area contributed by atoms with Gasteiger partial charge in [-0.05, 0) is 20.8 Å². The van der Waals surface area contributed by atoms with Gasteiger partial charge in [0.05, 0.1) is 12.2 Å². The predicted molar refractivity (Wildman–Crippen MR) is 53.7 cm³/mol. The number of hydrogen-bond acceptors (Lipinski definition) is 7. The van der Waals surface area contributed by atoms with Gasteiger partial charge in [-0.3, -0.25) is 4.79 Å². The highest BCUT2D eigenvalue weighted by Gasteiger charge is 2.49. The van der Waals surface area contributed by atoms with E-state index in [1.165, 1.54) is 0 Å². The molecule has 0 aromatic carbocycles. The number of ketones is 1. The summed E-state index contributed by atoms with van der Waals surface area (Å²) < 4.78 is 4.60. The minimum Gasteiger partial charge on any atom is -0.450 e. The minimum absolute atomic E-state index is 0.652. The first-order valence-electron chi connectivity index (χ1n) is 5.14. The fourth-order valence-corrected chi connectivity index (χ4v) is 1.19. The molecule has 3 atom stereocenters. The van der Waals surface area contributed by atoms with Crippen LogP contribution < -0.4 is 0 Å². The highest BCUT2D eigenvalue weighted by molar-refractivity contribution is 6.37. The average molecular weight is 248 g/mol. The molecule has 98 valence electrons. The third-order valence-electron chi connectivity index (χ3n) is 1.97. The molecule has 1 heterocycles. The molecule has 0 amide bonds. The molecule has 1 unspecified atom stereocenters. The van der Waals surface area contributed by atoms with E-state index in [1.54, 1.807) is 20.8 Å². The monoisotopic (exact) mass is 248 g/mol. The normalized spacial score (nSPS) is 27.1. The van der Waals surface area contributed by atoms with Gasteiger partial charge in [-0.1, -0.05) is 0 Å². The van der Waals surface area contributed by atoms with Crippen molar-refractivity contribution >= 4 is 11.8 Å². The van der Waals surface area contributed by atoms with E-state index in [2.05, 4.69) is 4.74 Å². The quantitative estimate of drug-likeness (QED) is 0.283. The molecule has 0 spiro atoms. The first-order chi connectivity index (χ1) is 7.76. The van der Waals surface area contributed by atoms with Crippen LogP contribution in [0, 0.1) is 0 Å². The van der Waals surface area contributed by atoms with E-state index in [0.29, 0.717) is 0 Å². The van der Waals surface area contributed by atoms with E-state index in [9.17, 15) is 14.7 Å². The van der Waals surface area contributed by atoms with Crippen molar-refractivity contribution in [3.05, 3.63) is 0 Å². The van der Waals surface area contributed by atoms with Crippen molar-refractivity contribution in [3.63, 3.8) is 0 Å². The molecule has 0 bridgehead atoms. The van der Waals surface area contributed by atoms with Gasteiger partial charge in [-0.2, -0.15) is 0 Å². The second-order valence-corrected chi connectivity index (χ2v) is 4.70. The maximum Gasteiger partial charge on any atom is 0.378 e. The fraction of sp³-hybridized carbons (Fsp3) is 0.800. The molecular formula is C10H16O7. The van der Waals surface area contributed by atoms with E-state index in [4.69, 9.17) is 14.9 Å². The molecular weight excluding hydrogens is 232 g/mol. The van der Waals surface area contributed by atoms with Crippen LogP contribution in [0.4, 0.5) is 0 Å². The first kappa shape index (κ1) is 14.0. The van der Waals surface area contributed by atoms with Crippen molar-refractivity contribution in [1.82, 2.24) is 0 Å². The summed E-state index contributed by atoms with van der Waals surface area (Å²) in [6.45, 7) is 4.41. The molecule has 7 heteroatoms. The van der Waals surface area contributed by atoms with Crippen LogP contribution in [0.3, 0.4) is 0 Å². The molecule has 1 aliphatic heterocycles. The van der Waals surface area contributed by atoms with E-state index in [0.717, 1.165) is 0 Å². The van der Waals surface area contributed by atoms with Crippen LogP contribution in [0.25, 0.3) is 0 Å². The summed E-state index contributed by atoms with van der Waals surface area (Å²) in [6.07, 6.45) is -4.00. The van der Waals surface area contributed by atoms with Crippen LogP contribution in [0.15, 0.2) is 0 Å². The van der Waals surface area contributed by atoms with E-state index >= 15 is 0 Å². The number of rotatable bonds is 4. The lowest BCUT2D eigenvalue weighted by molar-refractivity contribution is -0.373. The highest BCUT2D eigenvalue weighted by atomic mass is 17.2. The van der Waals surface area contributed by atoms with Crippen molar-refractivity contribution in [1.29, 1.82) is 0 Å². The van der Waals surface area contributed by atoms with Crippen LogP contribution in [0.1, 0.15) is 20.8 Å². The average Bonchev–Trinajstić information content (AvgIpc) is 2.51. The Hall–Kier alpha value is -1.02. The summed E-state index contributed by atoms with van der Waals surface area (Å²) in [4.78, 5) is 32.2. The van der Waals surface area contributed by atoms with Crippen molar-refractivity contribution in [2.75, 3.05) is 6.61 Å². The Balaban J connectivity index is 2.71. The standard InChI is InChI=1S/C10H16O7/c1-10(2,3)17-16-8-6(13)9(14)15-7(8)5(12)4-11/h5,7-8,11-12H,4H2,1-3H3/t5-,7+,8?/m0/s1. The lowest BCUT2D eigenvalue weighted by Crippen LogP contribution is -2.42. The third-order valence-corrected chi connectivity index (χ3v) is 1.97. The van der Waals surface area contributed by atoms with Crippen LogP contribution in [0.2, 0.25) is 0 Å². The van der Waals surface area contributed by atoms with Gasteiger partial charge in [0, 0.05) is 0 Å². The first-order valence-corrected chi connectivity index (χ1v) is 5.14. The number of carbonyl (C=O) groups is 2. The molecule has 0 aromatic heterocycles. The van der Waals surface area contributed by atoms with Crippen molar-refractivity contribution in [2.24, 2.45) is 0 Å². The number of Topliss-reactive ketones (excluding diaryl/α,β-unsaturated/α-hetero) is 1. The van der Waals surface area contributed by atoms with Crippen LogP contribution in [0.5, 0.6) is 0 Å². The van der Waals surface area contributed by atoms with E-state index in [1.807, 2.05) is 0 Å². The summed E-state index contributed by atoms with van der Waals surface area (Å²) in [6, 6.07) is 0. The molecule has 17 heavy (non-hydrogen) atoms. The largest absolute Gasteiger partial charge is 0.450 e. The summed E-state index contributed by atoms with van der Waals surface area (Å²) in [5.41, 5.74) is -0.680. The molecule has 0 aliphatic carbocycles. The number of carbonyl (C=O) groups excluding carboxylic acids is 2. The topological polar surface area (TPSA) is 102 Å². The SMILES string of the molecule is CC(C)(C)OOC1C(=O)C(=O)O[C@@H]1[C@@H](O)CO. The predicted octanol–water partition coefficient (Wildman–Crippen LogP) is -1.05. The van der Waals surface area contributed by atoms with Gasteiger partial charge >= 0.3 is 5.97 Å². The van der Waals surface area contributed by atoms with Crippen LogP contribution in [-0.4, -0.2) is 52.5 Å². The fourth-order valence-electron chi connectivity index (χ4n) is 1.19. The zero-order chi connectivity index (χ0) is 13.2. The smallest absolute Gasteiger partial charge is 0.378 e. The zero-order valence-corrected chi connectivity index (χ0v) is 9.87. The zero-order valence-electron chi connectivity index (χ0n) is 9.87. The van der Waals surface area contributed by atoms with Crippen LogP contribution in [-0.2, 0) is 24.1 Å². The Bertz CT molecular complexity index is 306. The molecule has 0 saturated carbocycles. The Morgan fingerprint density at radius 1 is 1.41 bits per heavy atom. The molecule has 7 nitrogen and oxygen atoms in total. The number of hydrogen-bond donors (Lipinski definition) is 2. The Kier molecular flexibility index (Phi) is 4.21. The van der Waals surface area contributed by atoms with Gasteiger partial charge < -0.3 is 14.9 Å². The lowest BCUT2D eigenvalue weighted by atomic mass is 10.1. The van der Waals surface area contributed by atoms with Gasteiger partial charge in [0.15, 0.2) is 6.10 Å². The van der Waals surface area contributed by atoms with Crippen molar-refractivity contribution in [3.8, 4) is 0 Å². The molecule has 1 saturated heterocycles. The number of aliphatic hydroxyl groups excluding tert-OH is 2. The highest BCUT2D eigenvalue weighted by Crippen LogP contribution is 2.21. The number of ether oxygens (including phenoxy) is 1. The van der Waals surface area contributed by atoms with Gasteiger partial charge in [0.1, 0.15) is 6.10 Å². The summed E-state index contributed by atoms with van der Waals surface area (Å²) >= 11 is 0. The van der Waals surface area contributed by atoms with E-state index in [-0.39, 0.29) is 0 Å². The molecule has 1 aliphatic rings. The summed E-state index contributed by atoms with van der Waals surface area (Å²) in [5, 5.41) is 18.1. The second kappa shape index (κ2) is 5.09. The molecule has 2 N–H and O–H groups in total. The molecule has 1 rings (SSSR count). The maximum atomic E-state index is 11.4. The Morgan fingerprint density at radius 2 is 2.00 bits per heavy atom. The van der Waals surface area contributed by atoms with Crippen LogP contribution >= 0.6 is 0 Å². The second-order valence-electron chi connectivity index (χ2n) is 4.70. The minimum atomic E-state index is -1.39. The Morgan fingerprint density at radius 3 is 2.47 bits per heavy atom. The number of cyclic esters (lactones) is 1. The maximum absolute atomic E-state index is 11.4. The summed E-state index contributed by atoms with van der Waals surface area (Å²) in [5.74, 6) is -2.04. The van der Waals surface area contributed by atoms with Crippen molar-refractivity contribution in [2.45, 2.75) is 44.7 Å². The lowest BCUT2D eigenvalue weighted by Gasteiger charge is -2.23. The van der Waals surface area contributed by atoms with Crippen molar-refractivity contribution < 1.29 is 34.3 Å². The number of esters is 1. The molecule has 0 radical (unpaired) electrons. The van der Waals surface area contributed by atoms with Gasteiger partial charge in [-0.25, -0.2) is 14.6 Å². The van der Waals surface area contributed by atoms with Gasteiger partial charge in [0.2, 0.25) is 6.10 Å². The number of aliphatic hydroxyl groups is 2. The Labute approximate surface area is 98.2 Å². The van der Waals surface area contributed by atoms with Gasteiger partial charge in [-0.15, -0.1) is 0 Å².